The minimum atomic E-state index is -4.92. The van der Waals surface area contributed by atoms with Crippen LogP contribution in [-0.4, -0.2) is 25.3 Å². The zero-order valence-corrected chi connectivity index (χ0v) is 9.93. The topological polar surface area (TPSA) is 71.4 Å². The van der Waals surface area contributed by atoms with Gasteiger partial charge in [-0.1, -0.05) is 15.9 Å². The van der Waals surface area contributed by atoms with Crippen LogP contribution < -0.4 is 0 Å². The van der Waals surface area contributed by atoms with E-state index in [1.807, 2.05) is 0 Å². The Morgan fingerprint density at radius 2 is 1.94 bits per heavy atom. The fourth-order valence-corrected chi connectivity index (χ4v) is 2.46. The van der Waals surface area contributed by atoms with E-state index in [4.69, 9.17) is 5.11 Å². The first-order valence-corrected chi connectivity index (χ1v) is 6.15. The van der Waals surface area contributed by atoms with E-state index in [0.717, 1.165) is 12.1 Å². The molecule has 0 aliphatic heterocycles. The Morgan fingerprint density at radius 3 is 2.38 bits per heavy atom. The molecule has 88 valence electrons. The van der Waals surface area contributed by atoms with Crippen LogP contribution in [0.3, 0.4) is 0 Å². The molecule has 16 heavy (non-hydrogen) atoms. The lowest BCUT2D eigenvalue weighted by Gasteiger charge is -2.07. The average Bonchev–Trinajstić information content (AvgIpc) is 2.16. The summed E-state index contributed by atoms with van der Waals surface area (Å²) in [7, 11) is -4.92. The highest BCUT2D eigenvalue weighted by Gasteiger charge is 2.31. The molecule has 0 saturated carbocycles. The first-order chi connectivity index (χ1) is 7.26. The number of benzene rings is 1. The van der Waals surface area contributed by atoms with Crippen molar-refractivity contribution in [1.29, 1.82) is 0 Å². The molecule has 1 N–H and O–H groups in total. The Morgan fingerprint density at radius 1 is 1.38 bits per heavy atom. The van der Waals surface area contributed by atoms with Gasteiger partial charge in [0.05, 0.1) is 10.5 Å². The molecule has 0 aliphatic carbocycles. The standard InChI is InChI=1S/C8H5BrF2O4S/c9-4-1-2-5(7(12)13)6(3-4)16(14,15)8(10)11/h1-3,8H,(H,12,13). The van der Waals surface area contributed by atoms with E-state index in [9.17, 15) is 22.0 Å². The number of carboxylic acid groups (broad SMARTS) is 1. The number of halogens is 3. The Kier molecular flexibility index (Phi) is 3.64. The summed E-state index contributed by atoms with van der Waals surface area (Å²) in [5, 5.41) is 8.68. The molecule has 8 heteroatoms. The third kappa shape index (κ3) is 2.38. The molecular formula is C8H5BrF2O4S. The number of aromatic carboxylic acids is 1. The van der Waals surface area contributed by atoms with Crippen LogP contribution in [0.1, 0.15) is 10.4 Å². The molecule has 0 fully saturated rings. The second-order valence-electron chi connectivity index (χ2n) is 2.75. The number of alkyl halides is 2. The van der Waals surface area contributed by atoms with Gasteiger partial charge in [0.15, 0.2) is 0 Å². The molecule has 4 nitrogen and oxygen atoms in total. The van der Waals surface area contributed by atoms with Gasteiger partial charge in [-0.2, -0.15) is 8.78 Å². The zero-order chi connectivity index (χ0) is 12.5. The number of carboxylic acids is 1. The van der Waals surface area contributed by atoms with Crippen LogP contribution in [0.15, 0.2) is 27.6 Å². The van der Waals surface area contributed by atoms with Crippen molar-refractivity contribution in [3.05, 3.63) is 28.2 Å². The predicted octanol–water partition coefficient (Wildman–Crippen LogP) is 2.14. The second-order valence-corrected chi connectivity index (χ2v) is 5.55. The Bertz CT molecular complexity index is 527. The van der Waals surface area contributed by atoms with E-state index < -0.39 is 32.0 Å². The summed E-state index contributed by atoms with van der Waals surface area (Å²) in [4.78, 5) is 9.78. The van der Waals surface area contributed by atoms with Crippen LogP contribution in [0, 0.1) is 0 Å². The molecule has 0 radical (unpaired) electrons. The van der Waals surface area contributed by atoms with Crippen LogP contribution in [0.25, 0.3) is 0 Å². The van der Waals surface area contributed by atoms with E-state index in [1.165, 1.54) is 6.07 Å². The molecule has 0 unspecified atom stereocenters. The van der Waals surface area contributed by atoms with Crippen molar-refractivity contribution in [2.75, 3.05) is 0 Å². The van der Waals surface area contributed by atoms with Crippen molar-refractivity contribution in [3.63, 3.8) is 0 Å². The van der Waals surface area contributed by atoms with Crippen LogP contribution in [0.4, 0.5) is 8.78 Å². The first-order valence-electron chi connectivity index (χ1n) is 3.81. The van der Waals surface area contributed by atoms with Crippen LogP contribution in [-0.2, 0) is 9.84 Å². The van der Waals surface area contributed by atoms with Crippen LogP contribution in [0.2, 0.25) is 0 Å². The lowest BCUT2D eigenvalue weighted by molar-refractivity contribution is 0.0692. The Labute approximate surface area is 97.9 Å². The molecule has 0 amide bonds. The summed E-state index contributed by atoms with van der Waals surface area (Å²) in [5.41, 5.74) is -0.677. The van der Waals surface area contributed by atoms with Gasteiger partial charge >= 0.3 is 11.7 Å². The van der Waals surface area contributed by atoms with Gasteiger partial charge in [0.25, 0.3) is 0 Å². The summed E-state index contributed by atoms with van der Waals surface area (Å²) in [6.07, 6.45) is 0. The molecule has 0 atom stereocenters. The van der Waals surface area contributed by atoms with Crippen molar-refractivity contribution < 1.29 is 27.1 Å². The largest absolute Gasteiger partial charge is 0.478 e. The second kappa shape index (κ2) is 4.46. The SMILES string of the molecule is O=C(O)c1ccc(Br)cc1S(=O)(=O)C(F)F. The third-order valence-electron chi connectivity index (χ3n) is 1.72. The fourth-order valence-electron chi connectivity index (χ4n) is 1.00. The maximum atomic E-state index is 12.3. The summed E-state index contributed by atoms with van der Waals surface area (Å²) >= 11 is 2.88. The van der Waals surface area contributed by atoms with Crippen LogP contribution >= 0.6 is 15.9 Å². The molecule has 0 saturated heterocycles. The molecule has 1 rings (SSSR count). The summed E-state index contributed by atoms with van der Waals surface area (Å²) < 4.78 is 47.1. The molecule has 1 aromatic carbocycles. The predicted molar refractivity (Wildman–Crippen MR) is 54.3 cm³/mol. The Hall–Kier alpha value is -1.02. The van der Waals surface area contributed by atoms with Gasteiger partial charge in [-0.15, -0.1) is 0 Å². The van der Waals surface area contributed by atoms with Gasteiger partial charge in [-0.05, 0) is 18.2 Å². The summed E-state index contributed by atoms with van der Waals surface area (Å²) in [6, 6.07) is 3.04. The van der Waals surface area contributed by atoms with Crippen molar-refractivity contribution in [3.8, 4) is 0 Å². The van der Waals surface area contributed by atoms with Crippen LogP contribution in [0.5, 0.6) is 0 Å². The van der Waals surface area contributed by atoms with Crippen molar-refractivity contribution >= 4 is 31.7 Å². The monoisotopic (exact) mass is 314 g/mol. The maximum absolute atomic E-state index is 12.3. The number of sulfone groups is 1. The quantitative estimate of drug-likeness (QED) is 0.928. The highest BCUT2D eigenvalue weighted by Crippen LogP contribution is 2.25. The molecular weight excluding hydrogens is 310 g/mol. The lowest BCUT2D eigenvalue weighted by atomic mass is 10.2. The molecule has 0 bridgehead atoms. The molecule has 0 aliphatic rings. The highest BCUT2D eigenvalue weighted by atomic mass is 79.9. The maximum Gasteiger partial charge on any atom is 0.341 e. The number of hydrogen-bond donors (Lipinski definition) is 1. The summed E-state index contributed by atoms with van der Waals surface area (Å²) in [6.45, 7) is 0. The number of rotatable bonds is 3. The average molecular weight is 315 g/mol. The molecule has 1 aromatic rings. The molecule has 0 spiro atoms. The van der Waals surface area contributed by atoms with Gasteiger partial charge in [0, 0.05) is 4.47 Å². The number of carbonyl (C=O) groups is 1. The third-order valence-corrected chi connectivity index (χ3v) is 3.63. The normalized spacial score (nSPS) is 11.8. The van der Waals surface area contributed by atoms with Crippen molar-refractivity contribution in [2.24, 2.45) is 0 Å². The van der Waals surface area contributed by atoms with E-state index in [2.05, 4.69) is 15.9 Å². The van der Waals surface area contributed by atoms with E-state index in [-0.39, 0.29) is 4.47 Å². The van der Waals surface area contributed by atoms with E-state index in [1.54, 1.807) is 0 Å². The first kappa shape index (κ1) is 13.0. The fraction of sp³-hybridized carbons (Fsp3) is 0.125. The minimum absolute atomic E-state index is 0.205. The van der Waals surface area contributed by atoms with Crippen molar-refractivity contribution in [1.82, 2.24) is 0 Å². The molecule has 0 heterocycles. The zero-order valence-electron chi connectivity index (χ0n) is 7.52. The summed E-state index contributed by atoms with van der Waals surface area (Å²) in [5.74, 6) is -5.23. The number of hydrogen-bond acceptors (Lipinski definition) is 3. The molecule has 0 aromatic heterocycles. The van der Waals surface area contributed by atoms with Gasteiger partial charge in [-0.3, -0.25) is 0 Å². The Balaban J connectivity index is 3.54. The smallest absolute Gasteiger partial charge is 0.341 e. The van der Waals surface area contributed by atoms with Gasteiger partial charge in [0.2, 0.25) is 9.84 Å². The highest BCUT2D eigenvalue weighted by molar-refractivity contribution is 9.10. The lowest BCUT2D eigenvalue weighted by Crippen LogP contribution is -2.15. The van der Waals surface area contributed by atoms with Crippen molar-refractivity contribution in [2.45, 2.75) is 10.7 Å². The van der Waals surface area contributed by atoms with E-state index >= 15 is 0 Å². The van der Waals surface area contributed by atoms with Gasteiger partial charge in [0.1, 0.15) is 0 Å². The minimum Gasteiger partial charge on any atom is -0.478 e. The van der Waals surface area contributed by atoms with E-state index in [0.29, 0.717) is 0 Å². The van der Waals surface area contributed by atoms with Gasteiger partial charge in [-0.25, -0.2) is 13.2 Å². The van der Waals surface area contributed by atoms with Gasteiger partial charge < -0.3 is 5.11 Å².